The summed E-state index contributed by atoms with van der Waals surface area (Å²) in [4.78, 5) is 10.4. The van der Waals surface area contributed by atoms with Gasteiger partial charge in [0.25, 0.3) is 5.69 Å². The smallest absolute Gasteiger partial charge is 0.258 e. The first kappa shape index (κ1) is 17.0. The van der Waals surface area contributed by atoms with Gasteiger partial charge in [0.1, 0.15) is 5.02 Å². The summed E-state index contributed by atoms with van der Waals surface area (Å²) < 4.78 is 1.83. The molecule has 0 fully saturated rings. The molecule has 0 bridgehead atoms. The van der Waals surface area contributed by atoms with E-state index in [0.29, 0.717) is 22.6 Å². The van der Waals surface area contributed by atoms with Gasteiger partial charge in [-0.05, 0) is 23.8 Å². The van der Waals surface area contributed by atoms with Crippen molar-refractivity contribution in [3.8, 4) is 0 Å². The van der Waals surface area contributed by atoms with Crippen LogP contribution < -0.4 is 0 Å². The van der Waals surface area contributed by atoms with Crippen LogP contribution in [0, 0.1) is 14.9 Å². The van der Waals surface area contributed by atoms with Crippen LogP contribution in [-0.2, 0) is 6.42 Å². The maximum Gasteiger partial charge on any atom is 0.288 e. The third-order valence-electron chi connectivity index (χ3n) is 3.41. The van der Waals surface area contributed by atoms with Crippen molar-refractivity contribution < 1.29 is 4.92 Å². The van der Waals surface area contributed by atoms with Crippen LogP contribution in [0.2, 0.25) is 5.02 Å². The first-order chi connectivity index (χ1) is 12.0. The van der Waals surface area contributed by atoms with Crippen molar-refractivity contribution in [1.29, 1.82) is 0 Å². The van der Waals surface area contributed by atoms with Gasteiger partial charge in [0.2, 0.25) is 4.77 Å². The van der Waals surface area contributed by atoms with E-state index in [4.69, 9.17) is 23.8 Å². The summed E-state index contributed by atoms with van der Waals surface area (Å²) in [6.45, 7) is 0. The number of nitro groups is 1. The van der Waals surface area contributed by atoms with Crippen LogP contribution in [0.5, 0.6) is 0 Å². The fraction of sp³-hybridized carbons (Fsp3) is 0.0625. The lowest BCUT2D eigenvalue weighted by molar-refractivity contribution is -0.384. The number of nitro benzene ring substituents is 1. The van der Waals surface area contributed by atoms with Gasteiger partial charge in [-0.2, -0.15) is 14.9 Å². The Kier molecular flexibility index (Phi) is 5.01. The third-order valence-corrected chi connectivity index (χ3v) is 4.00. The van der Waals surface area contributed by atoms with Crippen LogP contribution in [0.25, 0.3) is 0 Å². The standard InChI is InChI=1S/C16H12ClN5O2S/c17-13-7-6-12(8-14(13)22(23)24)10-18-21-15(19-20-16(21)25)9-11-4-2-1-3-5-11/h1-8,10H,9H2,(H,20,25)/b18-10-. The molecule has 0 aliphatic heterocycles. The highest BCUT2D eigenvalue weighted by molar-refractivity contribution is 7.71. The Balaban J connectivity index is 1.90. The van der Waals surface area contributed by atoms with Crippen molar-refractivity contribution in [3.63, 3.8) is 0 Å². The van der Waals surface area contributed by atoms with Crippen molar-refractivity contribution in [2.24, 2.45) is 5.10 Å². The van der Waals surface area contributed by atoms with Crippen molar-refractivity contribution in [2.45, 2.75) is 6.42 Å². The van der Waals surface area contributed by atoms with Crippen LogP contribution >= 0.6 is 23.8 Å². The summed E-state index contributed by atoms with van der Waals surface area (Å²) in [5.41, 5.74) is 1.42. The predicted molar refractivity (Wildman–Crippen MR) is 97.8 cm³/mol. The minimum Gasteiger partial charge on any atom is -0.258 e. The Hall–Kier alpha value is -2.84. The zero-order valence-corrected chi connectivity index (χ0v) is 14.4. The lowest BCUT2D eigenvalue weighted by Crippen LogP contribution is -2.00. The lowest BCUT2D eigenvalue weighted by atomic mass is 10.1. The number of hydrogen-bond acceptors (Lipinski definition) is 5. The van der Waals surface area contributed by atoms with E-state index in [2.05, 4.69) is 15.3 Å². The highest BCUT2D eigenvalue weighted by Crippen LogP contribution is 2.24. The number of H-pyrrole nitrogens is 1. The van der Waals surface area contributed by atoms with Crippen molar-refractivity contribution in [1.82, 2.24) is 14.9 Å². The van der Waals surface area contributed by atoms with E-state index in [1.54, 1.807) is 6.07 Å². The molecule has 0 saturated heterocycles. The van der Waals surface area contributed by atoms with Crippen LogP contribution in [-0.4, -0.2) is 26.0 Å². The molecule has 1 N–H and O–H groups in total. The van der Waals surface area contributed by atoms with E-state index in [-0.39, 0.29) is 10.7 Å². The van der Waals surface area contributed by atoms with E-state index in [1.165, 1.54) is 23.0 Å². The lowest BCUT2D eigenvalue weighted by Gasteiger charge is -2.01. The Morgan fingerprint density at radius 2 is 2.08 bits per heavy atom. The van der Waals surface area contributed by atoms with Gasteiger partial charge in [0.15, 0.2) is 5.82 Å². The Bertz CT molecular complexity index is 997. The van der Waals surface area contributed by atoms with Gasteiger partial charge in [-0.1, -0.05) is 48.0 Å². The fourth-order valence-electron chi connectivity index (χ4n) is 2.21. The van der Waals surface area contributed by atoms with E-state index < -0.39 is 4.92 Å². The molecule has 0 amide bonds. The topological polar surface area (TPSA) is 89.1 Å². The molecule has 0 spiro atoms. The van der Waals surface area contributed by atoms with Crippen LogP contribution in [0.1, 0.15) is 17.0 Å². The van der Waals surface area contributed by atoms with E-state index in [9.17, 15) is 10.1 Å². The van der Waals surface area contributed by atoms with Gasteiger partial charge in [-0.3, -0.25) is 15.2 Å². The molecule has 0 aliphatic carbocycles. The van der Waals surface area contributed by atoms with Gasteiger partial charge >= 0.3 is 0 Å². The van der Waals surface area contributed by atoms with Crippen molar-refractivity contribution in [2.75, 3.05) is 0 Å². The molecular weight excluding hydrogens is 362 g/mol. The molecular formula is C16H12ClN5O2S. The summed E-state index contributed by atoms with van der Waals surface area (Å²) in [5.74, 6) is 0.635. The SMILES string of the molecule is O=[N+]([O-])c1cc(/C=N\n2c(Cc3ccccc3)n[nH]c2=S)ccc1Cl. The van der Waals surface area contributed by atoms with Crippen LogP contribution in [0.15, 0.2) is 53.6 Å². The summed E-state index contributed by atoms with van der Waals surface area (Å²) in [7, 11) is 0. The van der Waals surface area contributed by atoms with Gasteiger partial charge in [0, 0.05) is 18.1 Å². The molecule has 126 valence electrons. The number of aromatic amines is 1. The number of benzene rings is 2. The number of aromatic nitrogens is 3. The van der Waals surface area contributed by atoms with Crippen molar-refractivity contribution in [3.05, 3.63) is 85.4 Å². The summed E-state index contributed by atoms with van der Waals surface area (Å²) in [6, 6.07) is 14.2. The molecule has 9 heteroatoms. The zero-order chi connectivity index (χ0) is 17.8. The minimum atomic E-state index is -0.538. The largest absolute Gasteiger partial charge is 0.288 e. The summed E-state index contributed by atoms with van der Waals surface area (Å²) in [5, 5.41) is 22.2. The molecule has 1 aromatic heterocycles. The molecule has 0 radical (unpaired) electrons. The molecule has 25 heavy (non-hydrogen) atoms. The maximum atomic E-state index is 11.0. The number of nitrogens with zero attached hydrogens (tertiary/aromatic N) is 4. The number of halogens is 1. The first-order valence-electron chi connectivity index (χ1n) is 7.23. The molecule has 2 aromatic carbocycles. The second-order valence-corrected chi connectivity index (χ2v) is 5.93. The molecule has 3 rings (SSSR count). The molecule has 0 unspecified atom stereocenters. The number of rotatable bonds is 5. The van der Waals surface area contributed by atoms with Gasteiger partial charge in [-0.25, -0.2) is 0 Å². The summed E-state index contributed by atoms with van der Waals surface area (Å²) in [6.07, 6.45) is 2.02. The highest BCUT2D eigenvalue weighted by atomic mass is 35.5. The van der Waals surface area contributed by atoms with Crippen LogP contribution in [0.3, 0.4) is 0 Å². The molecule has 7 nitrogen and oxygen atoms in total. The Labute approximate surface area is 152 Å². The second-order valence-electron chi connectivity index (χ2n) is 5.13. The quantitative estimate of drug-likeness (QED) is 0.317. The minimum absolute atomic E-state index is 0.0758. The zero-order valence-electron chi connectivity index (χ0n) is 12.8. The van der Waals surface area contributed by atoms with Gasteiger partial charge < -0.3 is 0 Å². The number of nitrogens with one attached hydrogen (secondary N) is 1. The number of hydrogen-bond donors (Lipinski definition) is 1. The average Bonchev–Trinajstić information content (AvgIpc) is 2.94. The van der Waals surface area contributed by atoms with Crippen LogP contribution in [0.4, 0.5) is 5.69 Å². The van der Waals surface area contributed by atoms with Crippen molar-refractivity contribution >= 4 is 35.7 Å². The molecule has 0 atom stereocenters. The Morgan fingerprint density at radius 1 is 1.32 bits per heavy atom. The third kappa shape index (κ3) is 3.98. The molecule has 1 heterocycles. The summed E-state index contributed by atoms with van der Waals surface area (Å²) >= 11 is 11.0. The van der Waals surface area contributed by atoms with E-state index in [1.807, 2.05) is 30.3 Å². The fourth-order valence-corrected chi connectivity index (χ4v) is 2.60. The predicted octanol–water partition coefficient (Wildman–Crippen LogP) is 3.98. The molecule has 3 aromatic rings. The Morgan fingerprint density at radius 3 is 2.80 bits per heavy atom. The normalized spacial score (nSPS) is 11.1. The first-order valence-corrected chi connectivity index (χ1v) is 8.02. The molecule has 0 saturated carbocycles. The maximum absolute atomic E-state index is 11.0. The second kappa shape index (κ2) is 7.37. The highest BCUT2D eigenvalue weighted by Gasteiger charge is 2.12. The van der Waals surface area contributed by atoms with Gasteiger partial charge in [-0.15, -0.1) is 0 Å². The average molecular weight is 374 g/mol. The van der Waals surface area contributed by atoms with Gasteiger partial charge in [0.05, 0.1) is 11.1 Å². The monoisotopic (exact) mass is 373 g/mol. The van der Waals surface area contributed by atoms with E-state index >= 15 is 0 Å². The van der Waals surface area contributed by atoms with E-state index in [0.717, 1.165) is 5.56 Å². The molecule has 0 aliphatic rings.